The molecule has 2 unspecified atom stereocenters. The zero-order valence-electron chi connectivity index (χ0n) is 12.0. The quantitative estimate of drug-likeness (QED) is 0.894. The number of aryl methyl sites for hydroxylation is 2. The number of nitrogens with one attached hydrogen (secondary N) is 1. The van der Waals surface area contributed by atoms with E-state index >= 15 is 0 Å². The summed E-state index contributed by atoms with van der Waals surface area (Å²) in [5.74, 6) is 1.08. The van der Waals surface area contributed by atoms with Crippen molar-refractivity contribution in [2.75, 3.05) is 6.54 Å². The van der Waals surface area contributed by atoms with Gasteiger partial charge in [-0.15, -0.1) is 0 Å². The fourth-order valence-electron chi connectivity index (χ4n) is 3.53. The summed E-state index contributed by atoms with van der Waals surface area (Å²) in [6.45, 7) is 3.22. The molecule has 3 rings (SSSR count). The monoisotopic (exact) mass is 259 g/mol. The molecule has 19 heavy (non-hydrogen) atoms. The van der Waals surface area contributed by atoms with Gasteiger partial charge in [-0.2, -0.15) is 0 Å². The summed E-state index contributed by atoms with van der Waals surface area (Å²) in [5, 5.41) is 3.58. The highest BCUT2D eigenvalue weighted by molar-refractivity contribution is 5.38. The summed E-state index contributed by atoms with van der Waals surface area (Å²) < 4.78 is 6.28. The van der Waals surface area contributed by atoms with E-state index in [4.69, 9.17) is 4.74 Å². The van der Waals surface area contributed by atoms with Crippen molar-refractivity contribution < 1.29 is 4.74 Å². The Labute approximate surface area is 116 Å². The van der Waals surface area contributed by atoms with Gasteiger partial charge in [-0.1, -0.05) is 19.4 Å². The van der Waals surface area contributed by atoms with Crippen LogP contribution in [0.4, 0.5) is 0 Å². The van der Waals surface area contributed by atoms with E-state index in [1.165, 1.54) is 56.1 Å². The molecule has 0 bridgehead atoms. The number of hydrogen-bond acceptors (Lipinski definition) is 2. The fraction of sp³-hybridized carbons (Fsp3) is 0.647. The first-order valence-electron chi connectivity index (χ1n) is 7.88. The first-order valence-corrected chi connectivity index (χ1v) is 7.88. The Kier molecular flexibility index (Phi) is 4.07. The molecule has 0 aliphatic heterocycles. The van der Waals surface area contributed by atoms with Gasteiger partial charge in [0, 0.05) is 6.04 Å². The zero-order valence-corrected chi connectivity index (χ0v) is 12.0. The van der Waals surface area contributed by atoms with E-state index in [9.17, 15) is 0 Å². The first-order chi connectivity index (χ1) is 9.36. The number of likely N-dealkylation sites (N-methyl/N-ethyl adjacent to an activating group) is 1. The van der Waals surface area contributed by atoms with Gasteiger partial charge in [0.2, 0.25) is 0 Å². The molecule has 1 aromatic rings. The highest BCUT2D eigenvalue weighted by Crippen LogP contribution is 2.29. The predicted octanol–water partition coefficient (Wildman–Crippen LogP) is 3.47. The lowest BCUT2D eigenvalue weighted by Crippen LogP contribution is -2.45. The van der Waals surface area contributed by atoms with Gasteiger partial charge in [0.1, 0.15) is 11.9 Å². The van der Waals surface area contributed by atoms with E-state index in [0.29, 0.717) is 12.1 Å². The Balaban J connectivity index is 1.69. The van der Waals surface area contributed by atoms with Gasteiger partial charge in [0.05, 0.1) is 0 Å². The van der Waals surface area contributed by atoms with Crippen LogP contribution in [0.1, 0.15) is 50.2 Å². The van der Waals surface area contributed by atoms with Gasteiger partial charge in [0.25, 0.3) is 0 Å². The third-order valence-electron chi connectivity index (χ3n) is 4.53. The molecule has 104 valence electrons. The zero-order chi connectivity index (χ0) is 13.1. The Hall–Kier alpha value is -1.02. The lowest BCUT2D eigenvalue weighted by atomic mass is 9.92. The highest BCUT2D eigenvalue weighted by atomic mass is 16.5. The van der Waals surface area contributed by atoms with Crippen molar-refractivity contribution in [3.63, 3.8) is 0 Å². The van der Waals surface area contributed by atoms with Crippen molar-refractivity contribution in [3.8, 4) is 5.75 Å². The van der Waals surface area contributed by atoms with Gasteiger partial charge < -0.3 is 10.1 Å². The average molecular weight is 259 g/mol. The van der Waals surface area contributed by atoms with E-state index in [1.807, 2.05) is 0 Å². The molecule has 2 nitrogen and oxygen atoms in total. The standard InChI is InChI=1S/C17H25NO/c1-2-18-16-8-3-4-9-17(16)19-15-11-10-13-6-5-7-14(13)12-15/h10-12,16-18H,2-9H2,1H3. The molecular weight excluding hydrogens is 234 g/mol. The largest absolute Gasteiger partial charge is 0.489 e. The second-order valence-corrected chi connectivity index (χ2v) is 5.89. The summed E-state index contributed by atoms with van der Waals surface area (Å²) in [6, 6.07) is 7.25. The van der Waals surface area contributed by atoms with Gasteiger partial charge in [-0.25, -0.2) is 0 Å². The van der Waals surface area contributed by atoms with Crippen LogP contribution in [-0.2, 0) is 12.8 Å². The van der Waals surface area contributed by atoms with Crippen molar-refractivity contribution >= 4 is 0 Å². The first kappa shape index (κ1) is 13.0. The highest BCUT2D eigenvalue weighted by Gasteiger charge is 2.26. The minimum absolute atomic E-state index is 0.355. The molecule has 2 heteroatoms. The van der Waals surface area contributed by atoms with Crippen LogP contribution >= 0.6 is 0 Å². The van der Waals surface area contributed by atoms with Crippen LogP contribution in [0, 0.1) is 0 Å². The molecule has 0 spiro atoms. The summed E-state index contributed by atoms with van der Waals surface area (Å²) in [5.41, 5.74) is 3.03. The second kappa shape index (κ2) is 5.96. The van der Waals surface area contributed by atoms with Crippen LogP contribution in [0.25, 0.3) is 0 Å². The van der Waals surface area contributed by atoms with Crippen LogP contribution < -0.4 is 10.1 Å². The molecule has 0 aromatic heterocycles. The molecule has 0 saturated heterocycles. The summed E-state index contributed by atoms with van der Waals surface area (Å²) in [7, 11) is 0. The molecular formula is C17H25NO. The molecule has 1 fully saturated rings. The topological polar surface area (TPSA) is 21.3 Å². The molecule has 2 atom stereocenters. The molecule has 0 radical (unpaired) electrons. The molecule has 0 heterocycles. The second-order valence-electron chi connectivity index (χ2n) is 5.89. The molecule has 1 aromatic carbocycles. The maximum absolute atomic E-state index is 6.28. The number of benzene rings is 1. The summed E-state index contributed by atoms with van der Waals surface area (Å²) in [4.78, 5) is 0. The van der Waals surface area contributed by atoms with Crippen LogP contribution in [0.3, 0.4) is 0 Å². The summed E-state index contributed by atoms with van der Waals surface area (Å²) in [6.07, 6.45) is 9.22. The lowest BCUT2D eigenvalue weighted by molar-refractivity contribution is 0.115. The minimum Gasteiger partial charge on any atom is -0.489 e. The third-order valence-corrected chi connectivity index (χ3v) is 4.53. The van der Waals surface area contributed by atoms with Crippen LogP contribution in [0.5, 0.6) is 5.75 Å². The van der Waals surface area contributed by atoms with Crippen molar-refractivity contribution in [2.24, 2.45) is 0 Å². The van der Waals surface area contributed by atoms with Crippen LogP contribution in [-0.4, -0.2) is 18.7 Å². The van der Waals surface area contributed by atoms with Gasteiger partial charge in [0.15, 0.2) is 0 Å². The van der Waals surface area contributed by atoms with E-state index < -0.39 is 0 Å². The molecule has 0 amide bonds. The van der Waals surface area contributed by atoms with Crippen molar-refractivity contribution in [3.05, 3.63) is 29.3 Å². The Morgan fingerprint density at radius 1 is 1.11 bits per heavy atom. The van der Waals surface area contributed by atoms with Crippen molar-refractivity contribution in [1.29, 1.82) is 0 Å². The van der Waals surface area contributed by atoms with Gasteiger partial charge >= 0.3 is 0 Å². The normalized spacial score (nSPS) is 26.2. The Morgan fingerprint density at radius 3 is 2.84 bits per heavy atom. The van der Waals surface area contributed by atoms with Crippen molar-refractivity contribution in [2.45, 2.75) is 64.0 Å². The average Bonchev–Trinajstić information content (AvgIpc) is 2.89. The molecule has 1 N–H and O–H groups in total. The molecule has 1 saturated carbocycles. The Morgan fingerprint density at radius 2 is 1.95 bits per heavy atom. The van der Waals surface area contributed by atoms with Crippen LogP contribution in [0.2, 0.25) is 0 Å². The molecule has 2 aliphatic rings. The number of rotatable bonds is 4. The minimum atomic E-state index is 0.355. The van der Waals surface area contributed by atoms with E-state index in [2.05, 4.69) is 30.4 Å². The smallest absolute Gasteiger partial charge is 0.120 e. The van der Waals surface area contributed by atoms with Crippen molar-refractivity contribution in [1.82, 2.24) is 5.32 Å². The van der Waals surface area contributed by atoms with E-state index in [0.717, 1.165) is 12.3 Å². The Bertz CT molecular complexity index is 427. The number of ether oxygens (including phenoxy) is 1. The van der Waals surface area contributed by atoms with E-state index in [-0.39, 0.29) is 0 Å². The van der Waals surface area contributed by atoms with Gasteiger partial charge in [-0.05, 0) is 68.3 Å². The number of hydrogen-bond donors (Lipinski definition) is 1. The number of fused-ring (bicyclic) bond motifs is 1. The van der Waals surface area contributed by atoms with Crippen LogP contribution in [0.15, 0.2) is 18.2 Å². The fourth-order valence-corrected chi connectivity index (χ4v) is 3.53. The third kappa shape index (κ3) is 2.94. The maximum atomic E-state index is 6.28. The maximum Gasteiger partial charge on any atom is 0.120 e. The lowest BCUT2D eigenvalue weighted by Gasteiger charge is -2.32. The molecule has 2 aliphatic carbocycles. The van der Waals surface area contributed by atoms with Gasteiger partial charge in [-0.3, -0.25) is 0 Å². The summed E-state index contributed by atoms with van der Waals surface area (Å²) >= 11 is 0. The van der Waals surface area contributed by atoms with E-state index in [1.54, 1.807) is 0 Å². The predicted molar refractivity (Wildman–Crippen MR) is 78.8 cm³/mol. The SMILES string of the molecule is CCNC1CCCCC1Oc1ccc2c(c1)CCC2.